The fraction of sp³-hybridized carbons (Fsp3) is 0.571. The normalized spacial score (nSPS) is 26.0. The average Bonchev–Trinajstić information content (AvgIpc) is 2.38. The van der Waals surface area contributed by atoms with Crippen LogP contribution in [0.25, 0.3) is 0 Å². The number of rotatable bonds is 6. The summed E-state index contributed by atoms with van der Waals surface area (Å²) in [5.74, 6) is 0.414. The Kier molecular flexibility index (Phi) is 5.02. The van der Waals surface area contributed by atoms with Crippen molar-refractivity contribution in [2.45, 2.75) is 30.9 Å². The molecule has 5 heteroatoms. The van der Waals surface area contributed by atoms with E-state index < -0.39 is 0 Å². The zero-order chi connectivity index (χ0) is 13.8. The molecule has 0 N–H and O–H groups in total. The van der Waals surface area contributed by atoms with Crippen molar-refractivity contribution in [1.29, 1.82) is 0 Å². The summed E-state index contributed by atoms with van der Waals surface area (Å²) < 4.78 is 29.5. The first kappa shape index (κ1) is 14.6. The molecule has 0 amide bonds. The zero-order valence-electron chi connectivity index (χ0n) is 11.1. The van der Waals surface area contributed by atoms with E-state index in [-0.39, 0.29) is 23.4 Å². The lowest BCUT2D eigenvalue weighted by Crippen LogP contribution is -2.53. The second kappa shape index (κ2) is 6.55. The molecule has 19 heavy (non-hydrogen) atoms. The fourth-order valence-corrected chi connectivity index (χ4v) is 2.40. The number of aryl methyl sites for hydroxylation is 1. The number of halogens is 2. The summed E-state index contributed by atoms with van der Waals surface area (Å²) >= 11 is 6.11. The number of hydrogen-bond donors (Lipinski definition) is 0. The Morgan fingerprint density at radius 2 is 2.16 bits per heavy atom. The molecule has 0 aliphatic heterocycles. The Hall–Kier alpha value is -0.840. The monoisotopic (exact) mass is 288 g/mol. The van der Waals surface area contributed by atoms with Gasteiger partial charge in [0.1, 0.15) is 23.8 Å². The maximum Gasteiger partial charge on any atom is 0.128 e. The summed E-state index contributed by atoms with van der Waals surface area (Å²) in [6, 6.07) is 4.71. The Morgan fingerprint density at radius 3 is 2.79 bits per heavy atom. The molecule has 1 aliphatic carbocycles. The fourth-order valence-electron chi connectivity index (χ4n) is 1.99. The number of ether oxygens (including phenoxy) is 3. The van der Waals surface area contributed by atoms with Crippen LogP contribution < -0.4 is 4.74 Å². The second-order valence-corrected chi connectivity index (χ2v) is 5.21. The van der Waals surface area contributed by atoms with E-state index in [1.807, 2.05) is 0 Å². The minimum atomic E-state index is -0.232. The van der Waals surface area contributed by atoms with Gasteiger partial charge < -0.3 is 14.2 Å². The van der Waals surface area contributed by atoms with Crippen molar-refractivity contribution in [3.63, 3.8) is 0 Å². The summed E-state index contributed by atoms with van der Waals surface area (Å²) in [7, 11) is 1.62. The molecule has 1 aliphatic rings. The van der Waals surface area contributed by atoms with Gasteiger partial charge in [-0.1, -0.05) is 0 Å². The molecular formula is C14H18ClFO3. The van der Waals surface area contributed by atoms with Crippen LogP contribution in [0.4, 0.5) is 4.39 Å². The molecule has 0 aromatic heterocycles. The smallest absolute Gasteiger partial charge is 0.128 e. The van der Waals surface area contributed by atoms with Crippen LogP contribution in [0.5, 0.6) is 5.75 Å². The van der Waals surface area contributed by atoms with Crippen LogP contribution in [-0.2, 0) is 9.47 Å². The van der Waals surface area contributed by atoms with Crippen LogP contribution in [0.15, 0.2) is 18.2 Å². The molecule has 2 rings (SSSR count). The maximum absolute atomic E-state index is 13.2. The summed E-state index contributed by atoms with van der Waals surface area (Å²) in [6.45, 7) is 2.73. The second-order valence-electron chi connectivity index (χ2n) is 4.65. The Labute approximate surface area is 117 Å². The van der Waals surface area contributed by atoms with Crippen LogP contribution in [0.2, 0.25) is 0 Å². The van der Waals surface area contributed by atoms with Gasteiger partial charge in [-0.2, -0.15) is 0 Å². The molecule has 1 saturated carbocycles. The predicted molar refractivity (Wildman–Crippen MR) is 71.4 cm³/mol. The van der Waals surface area contributed by atoms with Gasteiger partial charge in [-0.15, -0.1) is 11.6 Å². The van der Waals surface area contributed by atoms with Gasteiger partial charge in [0.25, 0.3) is 0 Å². The molecular weight excluding hydrogens is 271 g/mol. The van der Waals surface area contributed by atoms with Crippen LogP contribution >= 0.6 is 11.6 Å². The molecule has 1 aromatic rings. The highest BCUT2D eigenvalue weighted by Crippen LogP contribution is 2.33. The van der Waals surface area contributed by atoms with E-state index in [2.05, 4.69) is 0 Å². The van der Waals surface area contributed by atoms with Gasteiger partial charge in [0.2, 0.25) is 0 Å². The Balaban J connectivity index is 1.89. The molecule has 3 atom stereocenters. The average molecular weight is 289 g/mol. The van der Waals surface area contributed by atoms with Crippen molar-refractivity contribution in [2.75, 3.05) is 20.3 Å². The molecule has 106 valence electrons. The lowest BCUT2D eigenvalue weighted by atomic mass is 9.91. The van der Waals surface area contributed by atoms with E-state index in [0.29, 0.717) is 24.5 Å². The van der Waals surface area contributed by atoms with E-state index in [9.17, 15) is 4.39 Å². The van der Waals surface area contributed by atoms with Crippen LogP contribution in [-0.4, -0.2) is 37.9 Å². The molecule has 1 aromatic carbocycles. The first-order valence-corrected chi connectivity index (χ1v) is 6.73. The number of hydrogen-bond acceptors (Lipinski definition) is 3. The van der Waals surface area contributed by atoms with Crippen LogP contribution in [0.3, 0.4) is 0 Å². The third-order valence-corrected chi connectivity index (χ3v) is 3.62. The Bertz CT molecular complexity index is 427. The first-order valence-electron chi connectivity index (χ1n) is 6.29. The van der Waals surface area contributed by atoms with Gasteiger partial charge in [-0.3, -0.25) is 0 Å². The van der Waals surface area contributed by atoms with Crippen LogP contribution in [0.1, 0.15) is 12.0 Å². The van der Waals surface area contributed by atoms with Crippen molar-refractivity contribution in [2.24, 2.45) is 0 Å². The molecule has 0 bridgehead atoms. The highest BCUT2D eigenvalue weighted by molar-refractivity contribution is 6.21. The molecule has 0 saturated heterocycles. The minimum absolute atomic E-state index is 0.0385. The quantitative estimate of drug-likeness (QED) is 0.595. The van der Waals surface area contributed by atoms with Crippen molar-refractivity contribution >= 4 is 11.6 Å². The topological polar surface area (TPSA) is 27.7 Å². The standard InChI is InChI=1S/C14H18ClFO3/c1-9-7-10(3-4-12(9)16)19-13-8-11(15)14(13)18-6-5-17-2/h3-4,7,11,13-14H,5-6,8H2,1-2H3. The van der Waals surface area contributed by atoms with Crippen molar-refractivity contribution in [3.05, 3.63) is 29.6 Å². The predicted octanol–water partition coefficient (Wildman–Crippen LogP) is 2.92. The molecule has 0 spiro atoms. The van der Waals surface area contributed by atoms with Crippen LogP contribution in [0, 0.1) is 12.7 Å². The molecule has 0 radical (unpaired) electrons. The molecule has 3 nitrogen and oxygen atoms in total. The lowest BCUT2D eigenvalue weighted by Gasteiger charge is -2.40. The van der Waals surface area contributed by atoms with E-state index in [1.165, 1.54) is 6.07 Å². The zero-order valence-corrected chi connectivity index (χ0v) is 11.8. The van der Waals surface area contributed by atoms with Gasteiger partial charge in [0, 0.05) is 13.5 Å². The van der Waals surface area contributed by atoms with Gasteiger partial charge in [0.05, 0.1) is 18.6 Å². The highest BCUT2D eigenvalue weighted by Gasteiger charge is 2.42. The van der Waals surface area contributed by atoms with E-state index in [0.717, 1.165) is 6.42 Å². The Morgan fingerprint density at radius 1 is 1.37 bits per heavy atom. The first-order chi connectivity index (χ1) is 9.11. The third-order valence-electron chi connectivity index (χ3n) is 3.20. The van der Waals surface area contributed by atoms with E-state index >= 15 is 0 Å². The molecule has 3 unspecified atom stereocenters. The van der Waals surface area contributed by atoms with E-state index in [4.69, 9.17) is 25.8 Å². The molecule has 1 fully saturated rings. The van der Waals surface area contributed by atoms with Crippen molar-refractivity contribution in [1.82, 2.24) is 0 Å². The lowest BCUT2D eigenvalue weighted by molar-refractivity contribution is -0.0898. The summed E-state index contributed by atoms with van der Waals surface area (Å²) in [5.41, 5.74) is 0.566. The molecule has 0 heterocycles. The highest BCUT2D eigenvalue weighted by atomic mass is 35.5. The number of benzene rings is 1. The van der Waals surface area contributed by atoms with Gasteiger partial charge in [-0.05, 0) is 30.7 Å². The van der Waals surface area contributed by atoms with Gasteiger partial charge >= 0.3 is 0 Å². The van der Waals surface area contributed by atoms with E-state index in [1.54, 1.807) is 26.2 Å². The number of methoxy groups -OCH3 is 1. The largest absolute Gasteiger partial charge is 0.488 e. The number of alkyl halides is 1. The summed E-state index contributed by atoms with van der Waals surface area (Å²) in [6.07, 6.45) is 0.515. The minimum Gasteiger partial charge on any atom is -0.488 e. The third kappa shape index (κ3) is 3.59. The van der Waals surface area contributed by atoms with Gasteiger partial charge in [0.15, 0.2) is 0 Å². The van der Waals surface area contributed by atoms with Crippen molar-refractivity contribution < 1.29 is 18.6 Å². The van der Waals surface area contributed by atoms with Gasteiger partial charge in [-0.25, -0.2) is 4.39 Å². The maximum atomic E-state index is 13.2. The summed E-state index contributed by atoms with van der Waals surface area (Å²) in [5, 5.41) is -0.0385. The SMILES string of the molecule is COCCOC1C(Cl)CC1Oc1ccc(F)c(C)c1. The summed E-state index contributed by atoms with van der Waals surface area (Å²) in [4.78, 5) is 0. The van der Waals surface area contributed by atoms with Crippen molar-refractivity contribution in [3.8, 4) is 5.75 Å².